The number of nitrogens with zero attached hydrogens (tertiary/aromatic N) is 3. The first-order valence-electron chi connectivity index (χ1n) is 4.48. The van der Waals surface area contributed by atoms with Gasteiger partial charge >= 0.3 is 0 Å². The van der Waals surface area contributed by atoms with Crippen LogP contribution in [0.1, 0.15) is 16.1 Å². The van der Waals surface area contributed by atoms with Gasteiger partial charge in [-0.05, 0) is 12.1 Å². The van der Waals surface area contributed by atoms with Gasteiger partial charge in [-0.2, -0.15) is 0 Å². The van der Waals surface area contributed by atoms with Gasteiger partial charge in [-0.15, -0.1) is 5.10 Å². The lowest BCUT2D eigenvalue weighted by molar-refractivity contribution is 0.111. The molecule has 0 aliphatic heterocycles. The summed E-state index contributed by atoms with van der Waals surface area (Å²) in [6, 6.07) is 4.39. The molecule has 0 unspecified atom stereocenters. The van der Waals surface area contributed by atoms with Crippen LogP contribution in [-0.4, -0.2) is 21.3 Å². The first-order valence-corrected chi connectivity index (χ1v) is 4.86. The number of hydrogen-bond acceptors (Lipinski definition) is 3. The van der Waals surface area contributed by atoms with Gasteiger partial charge in [0, 0.05) is 10.6 Å². The van der Waals surface area contributed by atoms with E-state index in [2.05, 4.69) is 10.3 Å². The minimum atomic E-state index is -0.407. The van der Waals surface area contributed by atoms with Crippen LogP contribution < -0.4 is 0 Å². The van der Waals surface area contributed by atoms with Crippen LogP contribution in [0.5, 0.6) is 0 Å². The Balaban J connectivity index is 2.23. The second-order valence-electron chi connectivity index (χ2n) is 3.19. The fourth-order valence-electron chi connectivity index (χ4n) is 1.27. The fraction of sp³-hybridized carbons (Fsp3) is 0.100. The third-order valence-corrected chi connectivity index (χ3v) is 2.26. The maximum atomic E-state index is 13.4. The van der Waals surface area contributed by atoms with Gasteiger partial charge in [-0.25, -0.2) is 9.07 Å². The van der Waals surface area contributed by atoms with Crippen LogP contribution >= 0.6 is 11.6 Å². The topological polar surface area (TPSA) is 47.8 Å². The van der Waals surface area contributed by atoms with Gasteiger partial charge in [0.25, 0.3) is 0 Å². The summed E-state index contributed by atoms with van der Waals surface area (Å²) in [5.41, 5.74) is 0.654. The van der Waals surface area contributed by atoms with Crippen LogP contribution in [-0.2, 0) is 6.54 Å². The average molecular weight is 240 g/mol. The molecule has 0 bridgehead atoms. The SMILES string of the molecule is O=Cc1cn(Cc2ccc(Cl)cc2F)nn1. The van der Waals surface area contributed by atoms with E-state index >= 15 is 0 Å². The Morgan fingerprint density at radius 1 is 1.50 bits per heavy atom. The molecule has 0 N–H and O–H groups in total. The highest BCUT2D eigenvalue weighted by Gasteiger charge is 2.05. The highest BCUT2D eigenvalue weighted by molar-refractivity contribution is 6.30. The average Bonchev–Trinajstić information content (AvgIpc) is 2.70. The second kappa shape index (κ2) is 4.40. The zero-order valence-corrected chi connectivity index (χ0v) is 8.86. The van der Waals surface area contributed by atoms with E-state index in [-0.39, 0.29) is 12.2 Å². The van der Waals surface area contributed by atoms with E-state index in [9.17, 15) is 9.18 Å². The molecule has 1 aromatic carbocycles. The van der Waals surface area contributed by atoms with Crippen LogP contribution in [0.4, 0.5) is 4.39 Å². The Morgan fingerprint density at radius 2 is 2.31 bits per heavy atom. The maximum Gasteiger partial charge on any atom is 0.171 e. The lowest BCUT2D eigenvalue weighted by Gasteiger charge is -2.02. The molecule has 0 aliphatic carbocycles. The van der Waals surface area contributed by atoms with Crippen molar-refractivity contribution in [3.8, 4) is 0 Å². The smallest absolute Gasteiger partial charge is 0.171 e. The largest absolute Gasteiger partial charge is 0.296 e. The summed E-state index contributed by atoms with van der Waals surface area (Å²) >= 11 is 5.63. The Labute approximate surface area is 95.6 Å². The number of hydrogen-bond donors (Lipinski definition) is 0. The first kappa shape index (κ1) is 10.8. The van der Waals surface area contributed by atoms with E-state index in [1.165, 1.54) is 16.9 Å². The summed E-state index contributed by atoms with van der Waals surface area (Å²) < 4.78 is 14.8. The number of aromatic nitrogens is 3. The van der Waals surface area contributed by atoms with Gasteiger partial charge < -0.3 is 0 Å². The zero-order valence-electron chi connectivity index (χ0n) is 8.10. The van der Waals surface area contributed by atoms with E-state index in [4.69, 9.17) is 11.6 Å². The van der Waals surface area contributed by atoms with Crippen molar-refractivity contribution in [1.29, 1.82) is 0 Å². The molecule has 0 saturated heterocycles. The van der Waals surface area contributed by atoms with Gasteiger partial charge in [-0.1, -0.05) is 22.9 Å². The Morgan fingerprint density at radius 3 is 2.94 bits per heavy atom. The molecule has 0 aliphatic rings. The lowest BCUT2D eigenvalue weighted by Crippen LogP contribution is -2.02. The highest BCUT2D eigenvalue weighted by atomic mass is 35.5. The van der Waals surface area contributed by atoms with Gasteiger partial charge in [-0.3, -0.25) is 4.79 Å². The molecule has 2 aromatic rings. The lowest BCUT2D eigenvalue weighted by atomic mass is 10.2. The van der Waals surface area contributed by atoms with Gasteiger partial charge in [0.15, 0.2) is 6.29 Å². The summed E-state index contributed by atoms with van der Waals surface area (Å²) in [5.74, 6) is -0.407. The van der Waals surface area contributed by atoms with E-state index < -0.39 is 5.82 Å². The highest BCUT2D eigenvalue weighted by Crippen LogP contribution is 2.15. The van der Waals surface area contributed by atoms with Crippen molar-refractivity contribution in [2.75, 3.05) is 0 Å². The zero-order chi connectivity index (χ0) is 11.5. The number of rotatable bonds is 3. The Hall–Kier alpha value is -1.75. The predicted molar refractivity (Wildman–Crippen MR) is 55.9 cm³/mol. The molecule has 0 spiro atoms. The Kier molecular flexibility index (Phi) is 2.96. The minimum absolute atomic E-state index is 0.212. The van der Waals surface area contributed by atoms with Crippen molar-refractivity contribution in [1.82, 2.24) is 15.0 Å². The van der Waals surface area contributed by atoms with E-state index in [1.807, 2.05) is 0 Å². The third-order valence-electron chi connectivity index (χ3n) is 2.02. The molecule has 0 amide bonds. The van der Waals surface area contributed by atoms with Gasteiger partial charge in [0.2, 0.25) is 0 Å². The van der Waals surface area contributed by atoms with Crippen LogP contribution in [0.15, 0.2) is 24.4 Å². The first-order chi connectivity index (χ1) is 7.69. The number of benzene rings is 1. The number of halogens is 2. The summed E-state index contributed by atoms with van der Waals surface area (Å²) in [5, 5.41) is 7.60. The van der Waals surface area contributed by atoms with E-state index in [1.54, 1.807) is 12.1 Å². The second-order valence-corrected chi connectivity index (χ2v) is 3.63. The normalized spacial score (nSPS) is 10.4. The molecular weight excluding hydrogens is 233 g/mol. The number of aldehydes is 1. The standard InChI is InChI=1S/C10H7ClFN3O/c11-8-2-1-7(10(12)3-8)4-15-5-9(6-16)13-14-15/h1-3,5-6H,4H2. The molecular formula is C10H7ClFN3O. The van der Waals surface area contributed by atoms with E-state index in [0.717, 1.165) is 0 Å². The molecule has 0 saturated carbocycles. The van der Waals surface area contributed by atoms with Gasteiger partial charge in [0.1, 0.15) is 11.5 Å². The van der Waals surface area contributed by atoms with Crippen LogP contribution in [0.25, 0.3) is 0 Å². The molecule has 0 fully saturated rings. The molecule has 4 nitrogen and oxygen atoms in total. The van der Waals surface area contributed by atoms with Crippen LogP contribution in [0.2, 0.25) is 5.02 Å². The van der Waals surface area contributed by atoms with Crippen molar-refractivity contribution in [3.63, 3.8) is 0 Å². The van der Waals surface area contributed by atoms with Crippen molar-refractivity contribution in [2.45, 2.75) is 6.54 Å². The van der Waals surface area contributed by atoms with E-state index in [0.29, 0.717) is 16.9 Å². The minimum Gasteiger partial charge on any atom is -0.296 e. The molecule has 16 heavy (non-hydrogen) atoms. The molecule has 2 rings (SSSR count). The van der Waals surface area contributed by atoms with Crippen molar-refractivity contribution >= 4 is 17.9 Å². The molecule has 82 valence electrons. The molecule has 0 radical (unpaired) electrons. The van der Waals surface area contributed by atoms with Crippen molar-refractivity contribution in [3.05, 3.63) is 46.5 Å². The molecule has 1 aromatic heterocycles. The predicted octanol–water partition coefficient (Wildman–Crippen LogP) is 1.93. The number of carbonyl (C=O) groups is 1. The molecule has 0 atom stereocenters. The fourth-order valence-corrected chi connectivity index (χ4v) is 1.43. The Bertz CT molecular complexity index is 527. The maximum absolute atomic E-state index is 13.4. The quantitative estimate of drug-likeness (QED) is 0.769. The number of carbonyl (C=O) groups excluding carboxylic acids is 1. The summed E-state index contributed by atoms with van der Waals surface area (Å²) in [7, 11) is 0. The molecule has 6 heteroatoms. The van der Waals surface area contributed by atoms with Gasteiger partial charge in [0.05, 0.1) is 12.7 Å². The summed E-state index contributed by atoms with van der Waals surface area (Å²) in [6.07, 6.45) is 2.03. The monoisotopic (exact) mass is 239 g/mol. The molecule has 1 heterocycles. The summed E-state index contributed by atoms with van der Waals surface area (Å²) in [6.45, 7) is 0.212. The van der Waals surface area contributed by atoms with Crippen molar-refractivity contribution in [2.24, 2.45) is 0 Å². The van der Waals surface area contributed by atoms with Crippen LogP contribution in [0.3, 0.4) is 0 Å². The van der Waals surface area contributed by atoms with Crippen molar-refractivity contribution < 1.29 is 9.18 Å². The summed E-state index contributed by atoms with van der Waals surface area (Å²) in [4.78, 5) is 10.4. The third kappa shape index (κ3) is 2.25. The van der Waals surface area contributed by atoms with Crippen LogP contribution in [0, 0.1) is 5.82 Å².